The summed E-state index contributed by atoms with van der Waals surface area (Å²) in [6.45, 7) is 7.87. The Bertz CT molecular complexity index is 914. The Morgan fingerprint density at radius 3 is 1.28 bits per heavy atom. The van der Waals surface area contributed by atoms with E-state index in [9.17, 15) is 15.3 Å². The summed E-state index contributed by atoms with van der Waals surface area (Å²) in [4.78, 5) is 0. The van der Waals surface area contributed by atoms with Gasteiger partial charge in [-0.2, -0.15) is 0 Å². The SMILES string of the molecule is Cc1cc(COc2cccc(OCc3cc(C)c(O)c(C)c3)c2O)cc(C)c1O. The predicted octanol–water partition coefficient (Wildman–Crippen LogP) is 5.20. The third-order valence-electron chi connectivity index (χ3n) is 4.85. The van der Waals surface area contributed by atoms with Crippen LogP contribution in [0.5, 0.6) is 28.7 Å². The summed E-state index contributed by atoms with van der Waals surface area (Å²) >= 11 is 0. The minimum atomic E-state index is -0.0630. The third kappa shape index (κ3) is 4.57. The molecular formula is C24H26O5. The lowest BCUT2D eigenvalue weighted by atomic mass is 10.1. The number of hydrogen-bond acceptors (Lipinski definition) is 5. The summed E-state index contributed by atoms with van der Waals surface area (Å²) in [5.41, 5.74) is 4.93. The molecule has 0 saturated carbocycles. The molecule has 5 heteroatoms. The first kappa shape index (κ1) is 20.4. The van der Waals surface area contributed by atoms with Crippen LogP contribution in [-0.4, -0.2) is 15.3 Å². The maximum absolute atomic E-state index is 10.5. The van der Waals surface area contributed by atoms with E-state index in [0.29, 0.717) is 11.5 Å². The van der Waals surface area contributed by atoms with E-state index in [4.69, 9.17) is 9.47 Å². The van der Waals surface area contributed by atoms with Gasteiger partial charge in [-0.1, -0.05) is 6.07 Å². The minimum Gasteiger partial charge on any atom is -0.507 e. The Hall–Kier alpha value is -3.34. The lowest BCUT2D eigenvalue weighted by molar-refractivity contribution is 0.262. The van der Waals surface area contributed by atoms with Gasteiger partial charge in [0, 0.05) is 0 Å². The normalized spacial score (nSPS) is 10.8. The van der Waals surface area contributed by atoms with Gasteiger partial charge in [-0.05, 0) is 97.5 Å². The number of aromatic hydroxyl groups is 3. The van der Waals surface area contributed by atoms with Crippen molar-refractivity contribution < 1.29 is 24.8 Å². The molecule has 0 aliphatic heterocycles. The third-order valence-corrected chi connectivity index (χ3v) is 4.85. The second kappa shape index (κ2) is 8.35. The van der Waals surface area contributed by atoms with Crippen molar-refractivity contribution in [1.82, 2.24) is 0 Å². The Kier molecular flexibility index (Phi) is 5.87. The minimum absolute atomic E-state index is 0.0630. The fourth-order valence-corrected chi connectivity index (χ4v) is 3.32. The van der Waals surface area contributed by atoms with E-state index in [1.165, 1.54) is 0 Å². The van der Waals surface area contributed by atoms with Gasteiger partial charge in [-0.15, -0.1) is 0 Å². The molecule has 29 heavy (non-hydrogen) atoms. The summed E-state index contributed by atoms with van der Waals surface area (Å²) in [7, 11) is 0. The zero-order valence-electron chi connectivity index (χ0n) is 17.1. The van der Waals surface area contributed by atoms with Crippen LogP contribution in [0.25, 0.3) is 0 Å². The number of rotatable bonds is 6. The number of hydrogen-bond donors (Lipinski definition) is 3. The molecule has 0 heterocycles. The van der Waals surface area contributed by atoms with E-state index >= 15 is 0 Å². The first-order chi connectivity index (χ1) is 13.8. The number of phenols is 3. The molecule has 0 radical (unpaired) electrons. The standard InChI is InChI=1S/C24H26O5/c1-14-8-18(9-15(2)22(14)25)12-28-20-6-5-7-21(24(20)27)29-13-19-10-16(3)23(26)17(4)11-19/h5-11,25-27H,12-13H2,1-4H3. The Balaban J connectivity index is 1.71. The molecule has 0 bridgehead atoms. The Morgan fingerprint density at radius 2 is 0.931 bits per heavy atom. The van der Waals surface area contributed by atoms with Crippen LogP contribution in [0.3, 0.4) is 0 Å². The van der Waals surface area contributed by atoms with Crippen LogP contribution in [0.15, 0.2) is 42.5 Å². The van der Waals surface area contributed by atoms with Crippen LogP contribution >= 0.6 is 0 Å². The molecule has 0 amide bonds. The van der Waals surface area contributed by atoms with Crippen molar-refractivity contribution in [1.29, 1.82) is 0 Å². The topological polar surface area (TPSA) is 79.2 Å². The van der Waals surface area contributed by atoms with Gasteiger partial charge in [0.25, 0.3) is 0 Å². The lowest BCUT2D eigenvalue weighted by Gasteiger charge is -2.14. The monoisotopic (exact) mass is 394 g/mol. The van der Waals surface area contributed by atoms with Gasteiger partial charge in [0.1, 0.15) is 24.7 Å². The molecular weight excluding hydrogens is 368 g/mol. The molecule has 152 valence electrons. The predicted molar refractivity (Wildman–Crippen MR) is 112 cm³/mol. The van der Waals surface area contributed by atoms with E-state index in [1.54, 1.807) is 18.2 Å². The summed E-state index contributed by atoms with van der Waals surface area (Å²) in [6, 6.07) is 12.5. The fraction of sp³-hybridized carbons (Fsp3) is 0.250. The van der Waals surface area contributed by atoms with Gasteiger partial charge in [-0.25, -0.2) is 0 Å². The molecule has 3 N–H and O–H groups in total. The lowest BCUT2D eigenvalue weighted by Crippen LogP contribution is -2.00. The first-order valence-corrected chi connectivity index (χ1v) is 9.42. The maximum Gasteiger partial charge on any atom is 0.200 e. The number of para-hydroxylation sites is 1. The van der Waals surface area contributed by atoms with Crippen molar-refractivity contribution in [2.45, 2.75) is 40.9 Å². The van der Waals surface area contributed by atoms with Crippen LogP contribution < -0.4 is 9.47 Å². The van der Waals surface area contributed by atoms with Crippen LogP contribution in [-0.2, 0) is 13.2 Å². The van der Waals surface area contributed by atoms with Gasteiger partial charge < -0.3 is 24.8 Å². The average Bonchev–Trinajstić information content (AvgIpc) is 2.68. The van der Waals surface area contributed by atoms with Crippen molar-refractivity contribution in [3.63, 3.8) is 0 Å². The largest absolute Gasteiger partial charge is 0.507 e. The molecule has 0 aromatic heterocycles. The van der Waals surface area contributed by atoms with Gasteiger partial charge in [0.2, 0.25) is 5.75 Å². The molecule has 3 aromatic rings. The van der Waals surface area contributed by atoms with E-state index < -0.39 is 0 Å². The zero-order valence-corrected chi connectivity index (χ0v) is 17.1. The van der Waals surface area contributed by atoms with Crippen LogP contribution in [0.1, 0.15) is 33.4 Å². The van der Waals surface area contributed by atoms with Crippen molar-refractivity contribution >= 4 is 0 Å². The molecule has 0 atom stereocenters. The number of phenolic OH excluding ortho intramolecular Hbond substituents is 3. The molecule has 0 saturated heterocycles. The van der Waals surface area contributed by atoms with Gasteiger partial charge in [0.15, 0.2) is 11.5 Å². The van der Waals surface area contributed by atoms with Crippen LogP contribution in [0.2, 0.25) is 0 Å². The number of benzene rings is 3. The molecule has 0 spiro atoms. The highest BCUT2D eigenvalue weighted by atomic mass is 16.5. The van der Waals surface area contributed by atoms with Gasteiger partial charge >= 0.3 is 0 Å². The molecule has 5 nitrogen and oxygen atoms in total. The summed E-state index contributed by atoms with van der Waals surface area (Å²) in [5, 5.41) is 30.3. The molecule has 0 aliphatic rings. The van der Waals surface area contributed by atoms with E-state index in [2.05, 4.69) is 0 Å². The van der Waals surface area contributed by atoms with Crippen molar-refractivity contribution in [3.05, 3.63) is 75.8 Å². The highest BCUT2D eigenvalue weighted by Gasteiger charge is 2.12. The van der Waals surface area contributed by atoms with Gasteiger partial charge in [0.05, 0.1) is 0 Å². The van der Waals surface area contributed by atoms with E-state index in [1.807, 2.05) is 52.0 Å². The Morgan fingerprint density at radius 1 is 0.586 bits per heavy atom. The van der Waals surface area contributed by atoms with Crippen LogP contribution in [0, 0.1) is 27.7 Å². The molecule has 0 fully saturated rings. The average molecular weight is 394 g/mol. The van der Waals surface area contributed by atoms with Crippen molar-refractivity contribution in [3.8, 4) is 28.7 Å². The van der Waals surface area contributed by atoms with Gasteiger partial charge in [-0.3, -0.25) is 0 Å². The Labute approximate surface area is 170 Å². The fourth-order valence-electron chi connectivity index (χ4n) is 3.32. The summed E-state index contributed by atoms with van der Waals surface area (Å²) in [6.07, 6.45) is 0. The smallest absolute Gasteiger partial charge is 0.200 e. The molecule has 0 unspecified atom stereocenters. The van der Waals surface area contributed by atoms with E-state index in [0.717, 1.165) is 33.4 Å². The molecule has 3 aromatic carbocycles. The quantitative estimate of drug-likeness (QED) is 0.536. The molecule has 0 aliphatic carbocycles. The second-order valence-corrected chi connectivity index (χ2v) is 7.34. The zero-order chi connectivity index (χ0) is 21.1. The summed E-state index contributed by atoms with van der Waals surface area (Å²) in [5.74, 6) is 1.15. The molecule has 3 rings (SSSR count). The highest BCUT2D eigenvalue weighted by molar-refractivity contribution is 5.50. The highest BCUT2D eigenvalue weighted by Crippen LogP contribution is 2.37. The number of aryl methyl sites for hydroxylation is 4. The summed E-state index contributed by atoms with van der Waals surface area (Å²) < 4.78 is 11.5. The van der Waals surface area contributed by atoms with Crippen molar-refractivity contribution in [2.75, 3.05) is 0 Å². The first-order valence-electron chi connectivity index (χ1n) is 9.42. The maximum atomic E-state index is 10.5. The van der Waals surface area contributed by atoms with Crippen LogP contribution in [0.4, 0.5) is 0 Å². The van der Waals surface area contributed by atoms with Crippen molar-refractivity contribution in [2.24, 2.45) is 0 Å². The second-order valence-electron chi connectivity index (χ2n) is 7.34. The van der Waals surface area contributed by atoms with E-state index in [-0.39, 0.29) is 30.5 Å². The number of ether oxygens (including phenoxy) is 2.